The fraction of sp³-hybridized carbons (Fsp3) is 0.143. The monoisotopic (exact) mass is 247 g/mol. The first-order valence-corrected chi connectivity index (χ1v) is 5.89. The third-order valence-corrected chi connectivity index (χ3v) is 2.90. The number of benzene rings is 2. The number of hydrogen-bond donors (Lipinski definition) is 1. The van der Waals surface area contributed by atoms with E-state index in [0.717, 1.165) is 12.2 Å². The fourth-order valence-corrected chi connectivity index (χ4v) is 1.69. The first kappa shape index (κ1) is 11.8. The molecule has 0 fully saturated rings. The maximum absolute atomic E-state index is 5.92. The first-order valence-electron chi connectivity index (χ1n) is 5.51. The minimum atomic E-state index is 0.466. The summed E-state index contributed by atoms with van der Waals surface area (Å²) in [5, 5.41) is 0.507. The Labute approximate surface area is 106 Å². The molecule has 0 heterocycles. The quantitative estimate of drug-likeness (QED) is 0.822. The molecule has 2 aromatic rings. The molecule has 0 spiro atoms. The lowest BCUT2D eigenvalue weighted by Crippen LogP contribution is -1.92. The summed E-state index contributed by atoms with van der Waals surface area (Å²) in [5.74, 6) is 1.35. The molecule has 0 saturated heterocycles. The van der Waals surface area contributed by atoms with E-state index in [1.165, 1.54) is 5.56 Å². The standard InChI is InChI=1S/C14H14ClNO/c1-2-10-6-8-11(9-7-10)17-13-5-3-4-12(15)14(13)16/h3-9H,2,16H2,1H3. The largest absolute Gasteiger partial charge is 0.455 e. The molecule has 0 radical (unpaired) electrons. The van der Waals surface area contributed by atoms with Crippen molar-refractivity contribution < 1.29 is 4.74 Å². The zero-order chi connectivity index (χ0) is 12.3. The maximum Gasteiger partial charge on any atom is 0.151 e. The number of ether oxygens (including phenoxy) is 1. The van der Waals surface area contributed by atoms with Crippen LogP contribution < -0.4 is 10.5 Å². The van der Waals surface area contributed by atoms with Gasteiger partial charge in [-0.25, -0.2) is 0 Å². The maximum atomic E-state index is 5.92. The SMILES string of the molecule is CCc1ccc(Oc2cccc(Cl)c2N)cc1. The van der Waals surface area contributed by atoms with Gasteiger partial charge < -0.3 is 10.5 Å². The molecule has 17 heavy (non-hydrogen) atoms. The minimum absolute atomic E-state index is 0.466. The van der Waals surface area contributed by atoms with Gasteiger partial charge in [0.15, 0.2) is 5.75 Å². The zero-order valence-corrected chi connectivity index (χ0v) is 10.4. The van der Waals surface area contributed by atoms with Crippen LogP contribution >= 0.6 is 11.6 Å². The Kier molecular flexibility index (Phi) is 3.55. The summed E-state index contributed by atoms with van der Waals surface area (Å²) >= 11 is 5.92. The summed E-state index contributed by atoms with van der Waals surface area (Å²) in [4.78, 5) is 0. The van der Waals surface area contributed by atoms with E-state index in [1.54, 1.807) is 12.1 Å². The van der Waals surface area contributed by atoms with Gasteiger partial charge >= 0.3 is 0 Å². The summed E-state index contributed by atoms with van der Waals surface area (Å²) in [5.41, 5.74) is 7.57. The summed E-state index contributed by atoms with van der Waals surface area (Å²) < 4.78 is 5.68. The second-order valence-electron chi connectivity index (χ2n) is 3.75. The van der Waals surface area contributed by atoms with E-state index in [1.807, 2.05) is 30.3 Å². The van der Waals surface area contributed by atoms with Gasteiger partial charge in [0.25, 0.3) is 0 Å². The lowest BCUT2D eigenvalue weighted by atomic mass is 10.2. The molecule has 2 aromatic carbocycles. The van der Waals surface area contributed by atoms with Crippen LogP contribution in [-0.4, -0.2) is 0 Å². The molecule has 0 atom stereocenters. The predicted molar refractivity (Wildman–Crippen MR) is 71.8 cm³/mol. The number of anilines is 1. The van der Waals surface area contributed by atoms with Gasteiger partial charge in [-0.05, 0) is 36.2 Å². The van der Waals surface area contributed by atoms with Crippen molar-refractivity contribution in [2.75, 3.05) is 5.73 Å². The molecular weight excluding hydrogens is 234 g/mol. The average molecular weight is 248 g/mol. The fourth-order valence-electron chi connectivity index (χ4n) is 1.53. The minimum Gasteiger partial charge on any atom is -0.455 e. The van der Waals surface area contributed by atoms with Gasteiger partial charge in [0.1, 0.15) is 5.75 Å². The highest BCUT2D eigenvalue weighted by Gasteiger charge is 2.05. The molecule has 3 heteroatoms. The van der Waals surface area contributed by atoms with Crippen LogP contribution in [0.2, 0.25) is 5.02 Å². The van der Waals surface area contributed by atoms with Gasteiger partial charge in [-0.3, -0.25) is 0 Å². The van der Waals surface area contributed by atoms with Crippen LogP contribution in [0.25, 0.3) is 0 Å². The lowest BCUT2D eigenvalue weighted by Gasteiger charge is -2.09. The second-order valence-corrected chi connectivity index (χ2v) is 4.16. The van der Waals surface area contributed by atoms with Crippen LogP contribution in [0.5, 0.6) is 11.5 Å². The van der Waals surface area contributed by atoms with Gasteiger partial charge in [-0.2, -0.15) is 0 Å². The number of hydrogen-bond acceptors (Lipinski definition) is 2. The molecule has 2 rings (SSSR count). The van der Waals surface area contributed by atoms with Crippen molar-refractivity contribution in [3.63, 3.8) is 0 Å². The highest BCUT2D eigenvalue weighted by atomic mass is 35.5. The lowest BCUT2D eigenvalue weighted by molar-refractivity contribution is 0.485. The average Bonchev–Trinajstić information content (AvgIpc) is 2.36. The van der Waals surface area contributed by atoms with E-state index in [9.17, 15) is 0 Å². The third kappa shape index (κ3) is 2.71. The smallest absolute Gasteiger partial charge is 0.151 e. The Morgan fingerprint density at radius 1 is 1.12 bits per heavy atom. The van der Waals surface area contributed by atoms with Crippen molar-refractivity contribution in [3.8, 4) is 11.5 Å². The van der Waals surface area contributed by atoms with Crippen molar-refractivity contribution >= 4 is 17.3 Å². The van der Waals surface area contributed by atoms with Crippen molar-refractivity contribution in [2.45, 2.75) is 13.3 Å². The summed E-state index contributed by atoms with van der Waals surface area (Å²) in [7, 11) is 0. The summed E-state index contributed by atoms with van der Waals surface area (Å²) in [6.45, 7) is 2.12. The molecule has 2 N–H and O–H groups in total. The topological polar surface area (TPSA) is 35.2 Å². The highest BCUT2D eigenvalue weighted by molar-refractivity contribution is 6.33. The molecule has 0 aliphatic rings. The first-order chi connectivity index (χ1) is 8.20. The molecule has 0 bridgehead atoms. The Bertz CT molecular complexity index is 508. The van der Waals surface area contributed by atoms with Crippen LogP contribution in [0, 0.1) is 0 Å². The molecule has 0 amide bonds. The Morgan fingerprint density at radius 3 is 2.47 bits per heavy atom. The Balaban J connectivity index is 2.22. The Hall–Kier alpha value is -1.67. The van der Waals surface area contributed by atoms with Gasteiger partial charge in [-0.15, -0.1) is 0 Å². The molecule has 88 valence electrons. The van der Waals surface area contributed by atoms with Crippen molar-refractivity contribution in [2.24, 2.45) is 0 Å². The predicted octanol–water partition coefficient (Wildman–Crippen LogP) is 4.28. The molecule has 0 aliphatic carbocycles. The van der Waals surface area contributed by atoms with Gasteiger partial charge in [0.05, 0.1) is 10.7 Å². The van der Waals surface area contributed by atoms with Crippen LogP contribution in [0.15, 0.2) is 42.5 Å². The molecule has 0 aromatic heterocycles. The number of nitrogens with two attached hydrogens (primary N) is 1. The highest BCUT2D eigenvalue weighted by Crippen LogP contribution is 2.32. The van der Waals surface area contributed by atoms with Crippen LogP contribution in [0.4, 0.5) is 5.69 Å². The van der Waals surface area contributed by atoms with E-state index < -0.39 is 0 Å². The van der Waals surface area contributed by atoms with Crippen LogP contribution in [0.1, 0.15) is 12.5 Å². The number of nitrogen functional groups attached to an aromatic ring is 1. The molecule has 0 aliphatic heterocycles. The summed E-state index contributed by atoms with van der Waals surface area (Å²) in [6.07, 6.45) is 1.01. The molecule has 0 saturated carbocycles. The van der Waals surface area contributed by atoms with E-state index in [-0.39, 0.29) is 0 Å². The van der Waals surface area contributed by atoms with Gasteiger partial charge in [0.2, 0.25) is 0 Å². The number of halogens is 1. The molecule has 2 nitrogen and oxygen atoms in total. The van der Waals surface area contributed by atoms with Crippen molar-refractivity contribution in [3.05, 3.63) is 53.1 Å². The Morgan fingerprint density at radius 2 is 1.82 bits per heavy atom. The molecule has 0 unspecified atom stereocenters. The number of aryl methyl sites for hydroxylation is 1. The van der Waals surface area contributed by atoms with E-state index >= 15 is 0 Å². The summed E-state index contributed by atoms with van der Waals surface area (Å²) in [6, 6.07) is 13.3. The normalized spacial score (nSPS) is 10.2. The van der Waals surface area contributed by atoms with E-state index in [2.05, 4.69) is 6.92 Å². The second kappa shape index (κ2) is 5.11. The van der Waals surface area contributed by atoms with Crippen molar-refractivity contribution in [1.29, 1.82) is 0 Å². The molecular formula is C14H14ClNO. The van der Waals surface area contributed by atoms with E-state index in [4.69, 9.17) is 22.1 Å². The van der Waals surface area contributed by atoms with Crippen LogP contribution in [0.3, 0.4) is 0 Å². The zero-order valence-electron chi connectivity index (χ0n) is 9.61. The van der Waals surface area contributed by atoms with Crippen molar-refractivity contribution in [1.82, 2.24) is 0 Å². The third-order valence-electron chi connectivity index (χ3n) is 2.57. The van der Waals surface area contributed by atoms with Gasteiger partial charge in [-0.1, -0.05) is 36.7 Å². The van der Waals surface area contributed by atoms with Crippen LogP contribution in [-0.2, 0) is 6.42 Å². The number of rotatable bonds is 3. The van der Waals surface area contributed by atoms with E-state index in [0.29, 0.717) is 16.5 Å². The van der Waals surface area contributed by atoms with Gasteiger partial charge in [0, 0.05) is 0 Å². The number of para-hydroxylation sites is 1.